The maximum absolute atomic E-state index is 11.3. The van der Waals surface area contributed by atoms with Gasteiger partial charge in [-0.15, -0.1) is 0 Å². The lowest BCUT2D eigenvalue weighted by Gasteiger charge is -2.15. The fourth-order valence-electron chi connectivity index (χ4n) is 1.01. The Kier molecular flexibility index (Phi) is 6.37. The van der Waals surface area contributed by atoms with Gasteiger partial charge >= 0.3 is 5.97 Å². The van der Waals surface area contributed by atoms with E-state index >= 15 is 0 Å². The lowest BCUT2D eigenvalue weighted by Crippen LogP contribution is -2.38. The van der Waals surface area contributed by atoms with Gasteiger partial charge in [0.2, 0.25) is 5.91 Å². The van der Waals surface area contributed by atoms with Gasteiger partial charge in [-0.2, -0.15) is 0 Å². The number of likely N-dealkylation sites (N-methyl/N-ethyl adjacent to an activating group) is 1. The molecule has 0 bridgehead atoms. The van der Waals surface area contributed by atoms with Crippen LogP contribution < -0.4 is 5.32 Å². The molecule has 1 amide bonds. The van der Waals surface area contributed by atoms with Crippen LogP contribution in [0.5, 0.6) is 0 Å². The molecule has 0 aliphatic heterocycles. The molecule has 0 unspecified atom stereocenters. The van der Waals surface area contributed by atoms with Gasteiger partial charge in [-0.05, 0) is 20.9 Å². The quantitative estimate of drug-likeness (QED) is 0.614. The van der Waals surface area contributed by atoms with Crippen molar-refractivity contribution < 1.29 is 14.7 Å². The molecule has 0 saturated heterocycles. The van der Waals surface area contributed by atoms with Gasteiger partial charge in [-0.25, -0.2) is 4.79 Å². The van der Waals surface area contributed by atoms with E-state index in [4.69, 9.17) is 5.11 Å². The van der Waals surface area contributed by atoms with E-state index in [-0.39, 0.29) is 18.5 Å². The number of rotatable bonds is 6. The summed E-state index contributed by atoms with van der Waals surface area (Å²) in [6, 6.07) is 0.125. The number of hydrogen-bond donors (Lipinski definition) is 2. The highest BCUT2D eigenvalue weighted by molar-refractivity contribution is 5.80. The molecule has 0 rings (SSSR count). The van der Waals surface area contributed by atoms with Gasteiger partial charge in [-0.1, -0.05) is 6.08 Å². The van der Waals surface area contributed by atoms with Gasteiger partial charge in [0, 0.05) is 18.7 Å². The molecule has 0 aliphatic carbocycles. The van der Waals surface area contributed by atoms with Crippen LogP contribution in [0.2, 0.25) is 0 Å². The van der Waals surface area contributed by atoms with E-state index in [0.29, 0.717) is 6.54 Å². The predicted octanol–water partition coefficient (Wildman–Crippen LogP) is 0.0836. The van der Waals surface area contributed by atoms with Crippen molar-refractivity contribution in [1.82, 2.24) is 10.2 Å². The highest BCUT2D eigenvalue weighted by Gasteiger charge is 2.05. The molecule has 0 atom stereocenters. The maximum Gasteiger partial charge on any atom is 0.328 e. The number of aliphatic carboxylic acids is 1. The van der Waals surface area contributed by atoms with Crippen molar-refractivity contribution in [2.24, 2.45) is 0 Å². The Balaban J connectivity index is 3.78. The normalized spacial score (nSPS) is 11.3. The van der Waals surface area contributed by atoms with Crippen molar-refractivity contribution in [3.63, 3.8) is 0 Å². The zero-order valence-electron chi connectivity index (χ0n) is 9.36. The Labute approximate surface area is 89.8 Å². The van der Waals surface area contributed by atoms with E-state index in [9.17, 15) is 9.59 Å². The number of amides is 1. The number of hydrogen-bond acceptors (Lipinski definition) is 3. The first-order valence-corrected chi connectivity index (χ1v) is 4.79. The summed E-state index contributed by atoms with van der Waals surface area (Å²) < 4.78 is 0. The summed E-state index contributed by atoms with van der Waals surface area (Å²) in [5.41, 5.74) is 0. The van der Waals surface area contributed by atoms with Crippen molar-refractivity contribution in [2.45, 2.75) is 19.9 Å². The Morgan fingerprint density at radius 3 is 2.53 bits per heavy atom. The van der Waals surface area contributed by atoms with Crippen LogP contribution in [0.3, 0.4) is 0 Å². The number of nitrogens with one attached hydrogen (secondary N) is 1. The van der Waals surface area contributed by atoms with E-state index in [0.717, 1.165) is 6.08 Å². The fraction of sp³-hybridized carbons (Fsp3) is 0.600. The van der Waals surface area contributed by atoms with E-state index in [2.05, 4.69) is 5.32 Å². The first kappa shape index (κ1) is 13.6. The molecule has 0 spiro atoms. The van der Waals surface area contributed by atoms with E-state index < -0.39 is 5.97 Å². The zero-order valence-corrected chi connectivity index (χ0v) is 9.36. The summed E-state index contributed by atoms with van der Waals surface area (Å²) in [4.78, 5) is 23.2. The summed E-state index contributed by atoms with van der Waals surface area (Å²) in [5.74, 6) is -1.04. The van der Waals surface area contributed by atoms with Gasteiger partial charge < -0.3 is 10.4 Å². The molecule has 0 aromatic heterocycles. The van der Waals surface area contributed by atoms with Gasteiger partial charge in [0.05, 0.1) is 6.54 Å². The summed E-state index contributed by atoms with van der Waals surface area (Å²) in [7, 11) is 1.76. The average Bonchev–Trinajstić information content (AvgIpc) is 2.00. The summed E-state index contributed by atoms with van der Waals surface area (Å²) >= 11 is 0. The van der Waals surface area contributed by atoms with Crippen molar-refractivity contribution in [3.05, 3.63) is 12.2 Å². The van der Waals surface area contributed by atoms with Crippen LogP contribution in [0.25, 0.3) is 0 Å². The van der Waals surface area contributed by atoms with Crippen molar-refractivity contribution >= 4 is 11.9 Å². The molecule has 0 fully saturated rings. The van der Waals surface area contributed by atoms with Crippen LogP contribution >= 0.6 is 0 Å². The Morgan fingerprint density at radius 2 is 2.07 bits per heavy atom. The fourth-order valence-corrected chi connectivity index (χ4v) is 1.01. The van der Waals surface area contributed by atoms with Crippen molar-refractivity contribution in [3.8, 4) is 0 Å². The number of carboxylic acid groups (broad SMARTS) is 1. The minimum atomic E-state index is -0.977. The second kappa shape index (κ2) is 7.00. The highest BCUT2D eigenvalue weighted by Crippen LogP contribution is 1.85. The zero-order chi connectivity index (χ0) is 11.8. The molecule has 0 heterocycles. The molecule has 2 N–H and O–H groups in total. The minimum absolute atomic E-state index is 0.0591. The van der Waals surface area contributed by atoms with E-state index in [1.54, 1.807) is 11.9 Å². The van der Waals surface area contributed by atoms with Crippen molar-refractivity contribution in [1.29, 1.82) is 0 Å². The van der Waals surface area contributed by atoms with Crippen molar-refractivity contribution in [2.75, 3.05) is 20.1 Å². The molecule has 0 aliphatic rings. The van der Waals surface area contributed by atoms with Crippen LogP contribution in [0.15, 0.2) is 12.2 Å². The van der Waals surface area contributed by atoms with E-state index in [1.807, 2.05) is 13.8 Å². The van der Waals surface area contributed by atoms with Crippen LogP contribution in [0.1, 0.15) is 13.8 Å². The van der Waals surface area contributed by atoms with E-state index in [1.165, 1.54) is 6.08 Å². The molecule has 0 aromatic rings. The standard InChI is InChI=1S/C10H18N2O3/c1-8(2)11-9(13)7-12(3)6-4-5-10(14)15/h4-5,8H,6-7H2,1-3H3,(H,11,13)(H,14,15)/b5-4+. The number of carbonyl (C=O) groups excluding carboxylic acids is 1. The van der Waals surface area contributed by atoms with Crippen LogP contribution in [-0.2, 0) is 9.59 Å². The summed E-state index contributed by atoms with van der Waals surface area (Å²) in [6.45, 7) is 4.49. The predicted molar refractivity (Wildman–Crippen MR) is 57.6 cm³/mol. The van der Waals surface area contributed by atoms with Crippen LogP contribution in [0.4, 0.5) is 0 Å². The molecule has 5 heteroatoms. The summed E-state index contributed by atoms with van der Waals surface area (Å²) in [5, 5.41) is 11.1. The first-order chi connectivity index (χ1) is 6.91. The van der Waals surface area contributed by atoms with Gasteiger partial charge in [0.1, 0.15) is 0 Å². The Morgan fingerprint density at radius 1 is 1.47 bits per heavy atom. The Bertz CT molecular complexity index is 249. The molecule has 15 heavy (non-hydrogen) atoms. The molecule has 0 saturated carbocycles. The minimum Gasteiger partial charge on any atom is -0.478 e. The molecule has 5 nitrogen and oxygen atoms in total. The second-order valence-electron chi connectivity index (χ2n) is 3.66. The molecular formula is C10H18N2O3. The number of carboxylic acids is 1. The SMILES string of the molecule is CC(C)NC(=O)CN(C)C/C=C/C(=O)O. The lowest BCUT2D eigenvalue weighted by atomic mass is 10.3. The van der Waals surface area contributed by atoms with Crippen LogP contribution in [0, 0.1) is 0 Å². The third kappa shape index (κ3) is 8.96. The van der Waals surface area contributed by atoms with Gasteiger partial charge in [-0.3, -0.25) is 9.69 Å². The summed E-state index contributed by atoms with van der Waals surface area (Å²) in [6.07, 6.45) is 2.57. The number of nitrogens with zero attached hydrogens (tertiary/aromatic N) is 1. The third-order valence-corrected chi connectivity index (χ3v) is 1.54. The Hall–Kier alpha value is -1.36. The average molecular weight is 214 g/mol. The third-order valence-electron chi connectivity index (χ3n) is 1.54. The van der Waals surface area contributed by atoms with Crippen LogP contribution in [-0.4, -0.2) is 48.1 Å². The second-order valence-corrected chi connectivity index (χ2v) is 3.66. The van der Waals surface area contributed by atoms with Gasteiger partial charge in [0.25, 0.3) is 0 Å². The molecular weight excluding hydrogens is 196 g/mol. The number of carbonyl (C=O) groups is 2. The lowest BCUT2D eigenvalue weighted by molar-refractivity contribution is -0.131. The highest BCUT2D eigenvalue weighted by atomic mass is 16.4. The largest absolute Gasteiger partial charge is 0.478 e. The smallest absolute Gasteiger partial charge is 0.328 e. The first-order valence-electron chi connectivity index (χ1n) is 4.79. The molecule has 86 valence electrons. The molecule has 0 aromatic carbocycles. The van der Waals surface area contributed by atoms with Gasteiger partial charge in [0.15, 0.2) is 0 Å². The monoisotopic (exact) mass is 214 g/mol. The topological polar surface area (TPSA) is 69.6 Å². The maximum atomic E-state index is 11.3. The molecule has 0 radical (unpaired) electrons.